The Morgan fingerprint density at radius 1 is 1.23 bits per heavy atom. The van der Waals surface area contributed by atoms with Gasteiger partial charge in [0.1, 0.15) is 5.54 Å². The van der Waals surface area contributed by atoms with Crippen LogP contribution in [0.1, 0.15) is 62.6 Å². The fraction of sp³-hybridized carbons (Fsp3) is 0.619. The molecular formula is C21H30N2O3. The molecule has 5 nitrogen and oxygen atoms in total. The van der Waals surface area contributed by atoms with Crippen LogP contribution in [0, 0.1) is 5.92 Å². The van der Waals surface area contributed by atoms with E-state index < -0.39 is 11.6 Å². The van der Waals surface area contributed by atoms with Crippen LogP contribution in [0.15, 0.2) is 18.2 Å². The first kappa shape index (κ1) is 18.9. The first-order valence-electron chi connectivity index (χ1n) is 9.73. The third-order valence-corrected chi connectivity index (χ3v) is 5.60. The van der Waals surface area contributed by atoms with Crippen molar-refractivity contribution in [3.05, 3.63) is 34.9 Å². The van der Waals surface area contributed by atoms with Crippen LogP contribution in [0.2, 0.25) is 0 Å². The van der Waals surface area contributed by atoms with Gasteiger partial charge < -0.3 is 10.1 Å². The van der Waals surface area contributed by atoms with E-state index in [9.17, 15) is 9.59 Å². The minimum atomic E-state index is -0.949. The van der Waals surface area contributed by atoms with Crippen molar-refractivity contribution in [2.45, 2.75) is 70.4 Å². The smallest absolute Gasteiger partial charge is 0.322 e. The lowest BCUT2D eigenvalue weighted by atomic mass is 9.78. The van der Waals surface area contributed by atoms with Crippen LogP contribution in [0.5, 0.6) is 0 Å². The van der Waals surface area contributed by atoms with Crippen LogP contribution < -0.4 is 10.6 Å². The summed E-state index contributed by atoms with van der Waals surface area (Å²) in [6.45, 7) is 4.38. The molecular weight excluding hydrogens is 328 g/mol. The Hall–Kier alpha value is -1.88. The second-order valence-electron chi connectivity index (χ2n) is 8.05. The molecule has 3 rings (SSSR count). The van der Waals surface area contributed by atoms with E-state index >= 15 is 0 Å². The maximum Gasteiger partial charge on any atom is 0.322 e. The molecule has 1 saturated heterocycles. The number of carbonyl (C=O) groups excluding carboxylic acids is 2. The van der Waals surface area contributed by atoms with Gasteiger partial charge in [0, 0.05) is 7.11 Å². The summed E-state index contributed by atoms with van der Waals surface area (Å²) in [6.07, 6.45) is 6.45. The number of urea groups is 1. The number of fused-ring (bicyclic) bond motifs is 2. The molecule has 1 spiro atoms. The predicted octanol–water partition coefficient (Wildman–Crippen LogP) is 3.44. The molecule has 5 heteroatoms. The lowest BCUT2D eigenvalue weighted by Gasteiger charge is -2.31. The highest BCUT2D eigenvalue weighted by Crippen LogP contribution is 2.36. The molecule has 1 aromatic rings. The largest absolute Gasteiger partial charge is 0.381 e. The molecule has 2 aliphatic rings. The minimum absolute atomic E-state index is 0.217. The number of carbonyl (C=O) groups is 2. The molecule has 0 saturated carbocycles. The molecule has 1 aliphatic heterocycles. The molecule has 1 fully saturated rings. The van der Waals surface area contributed by atoms with Crippen molar-refractivity contribution >= 4 is 11.9 Å². The maximum absolute atomic E-state index is 12.8. The van der Waals surface area contributed by atoms with Crippen LogP contribution in [0.25, 0.3) is 0 Å². The van der Waals surface area contributed by atoms with Crippen LogP contribution in [-0.2, 0) is 27.9 Å². The van der Waals surface area contributed by atoms with E-state index in [0.29, 0.717) is 12.3 Å². The highest BCUT2D eigenvalue weighted by atomic mass is 16.5. The number of hydrogen-bond acceptors (Lipinski definition) is 3. The number of nitrogens with one attached hydrogen (secondary N) is 2. The van der Waals surface area contributed by atoms with Crippen LogP contribution in [0.4, 0.5) is 4.79 Å². The summed E-state index contributed by atoms with van der Waals surface area (Å²) < 4.78 is 5.59. The summed E-state index contributed by atoms with van der Waals surface area (Å²) in [6, 6.07) is 6.07. The Morgan fingerprint density at radius 2 is 2.00 bits per heavy atom. The van der Waals surface area contributed by atoms with E-state index in [2.05, 4.69) is 42.7 Å². The first-order valence-corrected chi connectivity index (χ1v) is 9.73. The molecule has 1 unspecified atom stereocenters. The van der Waals surface area contributed by atoms with Gasteiger partial charge in [-0.2, -0.15) is 0 Å². The van der Waals surface area contributed by atoms with Gasteiger partial charge in [0.25, 0.3) is 5.91 Å². The van der Waals surface area contributed by atoms with E-state index in [-0.39, 0.29) is 12.0 Å². The number of methoxy groups -OCH3 is 1. The average Bonchev–Trinajstić information content (AvgIpc) is 2.88. The molecule has 0 aromatic heterocycles. The van der Waals surface area contributed by atoms with Crippen molar-refractivity contribution in [1.29, 1.82) is 0 Å². The lowest BCUT2D eigenvalue weighted by molar-refractivity contribution is -0.124. The molecule has 0 radical (unpaired) electrons. The van der Waals surface area contributed by atoms with Gasteiger partial charge in [0.15, 0.2) is 0 Å². The fourth-order valence-electron chi connectivity index (χ4n) is 4.32. The van der Waals surface area contributed by atoms with Crippen molar-refractivity contribution < 1.29 is 14.3 Å². The third-order valence-electron chi connectivity index (χ3n) is 5.60. The summed E-state index contributed by atoms with van der Waals surface area (Å²) >= 11 is 0. The van der Waals surface area contributed by atoms with Gasteiger partial charge in [-0.3, -0.25) is 10.1 Å². The predicted molar refractivity (Wildman–Crippen MR) is 101 cm³/mol. The van der Waals surface area contributed by atoms with Crippen LogP contribution in [-0.4, -0.2) is 25.2 Å². The number of amides is 3. The molecule has 2 atom stereocenters. The van der Waals surface area contributed by atoms with E-state index in [1.54, 1.807) is 7.11 Å². The van der Waals surface area contributed by atoms with E-state index in [1.165, 1.54) is 5.56 Å². The summed E-state index contributed by atoms with van der Waals surface area (Å²) in [4.78, 5) is 24.9. The zero-order valence-corrected chi connectivity index (χ0v) is 16.1. The molecule has 26 heavy (non-hydrogen) atoms. The van der Waals surface area contributed by atoms with Gasteiger partial charge in [-0.05, 0) is 67.6 Å². The molecule has 0 bridgehead atoms. The van der Waals surface area contributed by atoms with Crippen LogP contribution >= 0.6 is 0 Å². The van der Waals surface area contributed by atoms with Crippen molar-refractivity contribution in [3.8, 4) is 0 Å². The Morgan fingerprint density at radius 3 is 2.65 bits per heavy atom. The van der Waals surface area contributed by atoms with Crippen LogP contribution in [0.3, 0.4) is 0 Å². The highest BCUT2D eigenvalue weighted by molar-refractivity contribution is 6.07. The van der Waals surface area contributed by atoms with E-state index in [1.807, 2.05) is 0 Å². The lowest BCUT2D eigenvalue weighted by Crippen LogP contribution is -2.45. The zero-order valence-electron chi connectivity index (χ0n) is 16.1. The van der Waals surface area contributed by atoms with Crippen molar-refractivity contribution in [3.63, 3.8) is 0 Å². The van der Waals surface area contributed by atoms with E-state index in [0.717, 1.165) is 49.7 Å². The van der Waals surface area contributed by atoms with E-state index in [4.69, 9.17) is 4.74 Å². The van der Waals surface area contributed by atoms with Crippen molar-refractivity contribution in [2.75, 3.05) is 7.11 Å². The summed E-state index contributed by atoms with van der Waals surface area (Å²) in [5, 5.41) is 5.43. The minimum Gasteiger partial charge on any atom is -0.381 e. The average molecular weight is 358 g/mol. The third kappa shape index (κ3) is 3.78. The number of benzene rings is 1. The van der Waals surface area contributed by atoms with Gasteiger partial charge >= 0.3 is 6.03 Å². The maximum atomic E-state index is 12.8. The number of imide groups is 1. The Kier molecular flexibility index (Phi) is 5.66. The highest BCUT2D eigenvalue weighted by Gasteiger charge is 2.48. The molecule has 3 amide bonds. The number of ether oxygens (including phenoxy) is 1. The Bertz CT molecular complexity index is 686. The molecule has 1 aliphatic carbocycles. The second kappa shape index (κ2) is 7.78. The molecule has 2 N–H and O–H groups in total. The second-order valence-corrected chi connectivity index (χ2v) is 8.05. The summed E-state index contributed by atoms with van der Waals surface area (Å²) in [7, 11) is 1.75. The Balaban J connectivity index is 2.04. The zero-order chi connectivity index (χ0) is 18.7. The normalized spacial score (nSPS) is 26.5. The SMILES string of the molecule is CO[C@H]1CCCc2ccc(CC(C)C)cc2C2(CCC1)NC(=O)NC2=O. The Labute approximate surface area is 155 Å². The van der Waals surface area contributed by atoms with Gasteiger partial charge in [-0.25, -0.2) is 4.79 Å². The monoisotopic (exact) mass is 358 g/mol. The van der Waals surface area contributed by atoms with Gasteiger partial charge in [-0.15, -0.1) is 0 Å². The first-order chi connectivity index (χ1) is 12.4. The van der Waals surface area contributed by atoms with Gasteiger partial charge in [0.2, 0.25) is 0 Å². The number of hydrogen-bond donors (Lipinski definition) is 2. The quantitative estimate of drug-likeness (QED) is 0.814. The molecule has 1 aromatic carbocycles. The number of aryl methyl sites for hydroxylation is 1. The van der Waals surface area contributed by atoms with Crippen molar-refractivity contribution in [2.24, 2.45) is 5.92 Å². The fourth-order valence-corrected chi connectivity index (χ4v) is 4.32. The summed E-state index contributed by atoms with van der Waals surface area (Å²) in [5.41, 5.74) is 2.41. The van der Waals surface area contributed by atoms with Gasteiger partial charge in [-0.1, -0.05) is 32.0 Å². The topological polar surface area (TPSA) is 67.4 Å². The molecule has 1 heterocycles. The standard InChI is InChI=1S/C21H30N2O3/c1-14(2)12-15-9-10-16-6-4-7-17(26-3)8-5-11-21(18(16)13-15)19(24)22-20(25)23-21/h9-10,13-14,17H,4-8,11-12H2,1-3H3,(H2,22,23,24,25)/t17-,21?/m0/s1. The molecule has 142 valence electrons. The number of rotatable bonds is 3. The van der Waals surface area contributed by atoms with Gasteiger partial charge in [0.05, 0.1) is 6.10 Å². The summed E-state index contributed by atoms with van der Waals surface area (Å²) in [5.74, 6) is 0.318. The van der Waals surface area contributed by atoms with Crippen molar-refractivity contribution in [1.82, 2.24) is 10.6 Å².